The van der Waals surface area contributed by atoms with Gasteiger partial charge in [0.05, 0.1) is 12.7 Å². The number of carbonyl (C=O) groups is 2. The Balaban J connectivity index is 0.00000364. The van der Waals surface area contributed by atoms with Crippen molar-refractivity contribution >= 4 is 24.2 Å². The van der Waals surface area contributed by atoms with Crippen molar-refractivity contribution in [2.24, 2.45) is 5.92 Å². The summed E-state index contributed by atoms with van der Waals surface area (Å²) in [6, 6.07) is 6.41. The number of benzene rings is 1. The summed E-state index contributed by atoms with van der Waals surface area (Å²) in [4.78, 5) is 27.5. The van der Waals surface area contributed by atoms with Gasteiger partial charge in [0, 0.05) is 39.3 Å². The first-order valence-electron chi connectivity index (χ1n) is 9.17. The van der Waals surface area contributed by atoms with Crippen LogP contribution >= 0.6 is 12.4 Å². The molecule has 1 saturated heterocycles. The Labute approximate surface area is 167 Å². The molecule has 8 heteroatoms. The van der Waals surface area contributed by atoms with Gasteiger partial charge in [-0.3, -0.25) is 14.5 Å². The van der Waals surface area contributed by atoms with Crippen LogP contribution in [0.25, 0.3) is 0 Å². The van der Waals surface area contributed by atoms with Crippen LogP contribution in [-0.2, 0) is 4.79 Å². The zero-order valence-electron chi connectivity index (χ0n) is 16.3. The summed E-state index contributed by atoms with van der Waals surface area (Å²) in [6.45, 7) is 9.19. The lowest BCUT2D eigenvalue weighted by atomic mass is 10.0. The molecule has 3 N–H and O–H groups in total. The van der Waals surface area contributed by atoms with E-state index in [4.69, 9.17) is 4.74 Å². The van der Waals surface area contributed by atoms with E-state index in [0.29, 0.717) is 17.9 Å². The molecule has 1 aromatic carbocycles. The van der Waals surface area contributed by atoms with Crippen LogP contribution in [0.1, 0.15) is 24.2 Å². The van der Waals surface area contributed by atoms with Crippen molar-refractivity contribution in [3.05, 3.63) is 29.8 Å². The molecule has 7 nitrogen and oxygen atoms in total. The number of hydrogen-bond donors (Lipinski definition) is 3. The topological polar surface area (TPSA) is 82.7 Å². The molecule has 1 aliphatic heterocycles. The van der Waals surface area contributed by atoms with Crippen LogP contribution in [-0.4, -0.2) is 69.1 Å². The first-order valence-corrected chi connectivity index (χ1v) is 9.17. The van der Waals surface area contributed by atoms with Gasteiger partial charge in [0.2, 0.25) is 5.91 Å². The summed E-state index contributed by atoms with van der Waals surface area (Å²) >= 11 is 0. The minimum Gasteiger partial charge on any atom is -0.496 e. The predicted octanol–water partition coefficient (Wildman–Crippen LogP) is 0.893. The molecule has 1 atom stereocenters. The Morgan fingerprint density at radius 1 is 1.22 bits per heavy atom. The van der Waals surface area contributed by atoms with E-state index in [9.17, 15) is 9.59 Å². The Morgan fingerprint density at radius 3 is 2.52 bits per heavy atom. The highest BCUT2D eigenvalue weighted by molar-refractivity contribution is 5.99. The standard InChI is InChI=1S/C19H30N4O3.ClH/c1-14(2)17(19(25)21-10-13-23-11-8-20-9-12-23)22-18(24)15-6-4-5-7-16(15)26-3;/h4-7,14,17,20H,8-13H2,1-3H3,(H,21,25)(H,22,24);1H. The molecule has 0 saturated carbocycles. The number of rotatable bonds is 8. The number of methoxy groups -OCH3 is 1. The van der Waals surface area contributed by atoms with Gasteiger partial charge in [0.25, 0.3) is 5.91 Å². The van der Waals surface area contributed by atoms with Crippen LogP contribution in [0.2, 0.25) is 0 Å². The molecule has 0 aliphatic carbocycles. The van der Waals surface area contributed by atoms with E-state index in [0.717, 1.165) is 32.7 Å². The minimum absolute atomic E-state index is 0. The van der Waals surface area contributed by atoms with Gasteiger partial charge in [-0.1, -0.05) is 26.0 Å². The van der Waals surface area contributed by atoms with Crippen LogP contribution in [0, 0.1) is 5.92 Å². The number of nitrogens with one attached hydrogen (secondary N) is 3. The second kappa shape index (κ2) is 11.8. The largest absolute Gasteiger partial charge is 0.496 e. The summed E-state index contributed by atoms with van der Waals surface area (Å²) in [5, 5.41) is 9.10. The van der Waals surface area contributed by atoms with Crippen LogP contribution in [0.4, 0.5) is 0 Å². The maximum absolute atomic E-state index is 12.6. The molecular weight excluding hydrogens is 368 g/mol. The Morgan fingerprint density at radius 2 is 1.89 bits per heavy atom. The zero-order valence-corrected chi connectivity index (χ0v) is 17.1. The maximum Gasteiger partial charge on any atom is 0.255 e. The molecular formula is C19H31ClN4O3. The van der Waals surface area contributed by atoms with E-state index in [1.807, 2.05) is 13.8 Å². The Kier molecular flexibility index (Phi) is 10.1. The van der Waals surface area contributed by atoms with Gasteiger partial charge < -0.3 is 20.7 Å². The number of hydrogen-bond acceptors (Lipinski definition) is 5. The second-order valence-corrected chi connectivity index (χ2v) is 6.78. The number of amides is 2. The first-order chi connectivity index (χ1) is 12.5. The number of para-hydroxylation sites is 1. The van der Waals surface area contributed by atoms with E-state index >= 15 is 0 Å². The van der Waals surface area contributed by atoms with Crippen molar-refractivity contribution in [1.29, 1.82) is 0 Å². The van der Waals surface area contributed by atoms with E-state index in [1.165, 1.54) is 7.11 Å². The third-order valence-electron chi connectivity index (χ3n) is 4.52. The molecule has 0 bridgehead atoms. The lowest BCUT2D eigenvalue weighted by Crippen LogP contribution is -2.52. The number of ether oxygens (including phenoxy) is 1. The normalized spacial score (nSPS) is 15.6. The molecule has 0 radical (unpaired) electrons. The fourth-order valence-electron chi connectivity index (χ4n) is 2.97. The predicted molar refractivity (Wildman–Crippen MR) is 109 cm³/mol. The van der Waals surface area contributed by atoms with Crippen molar-refractivity contribution < 1.29 is 14.3 Å². The molecule has 1 aliphatic rings. The van der Waals surface area contributed by atoms with Crippen LogP contribution in [0.3, 0.4) is 0 Å². The molecule has 1 aromatic rings. The van der Waals surface area contributed by atoms with Crippen molar-refractivity contribution in [3.8, 4) is 5.75 Å². The van der Waals surface area contributed by atoms with Crippen molar-refractivity contribution in [2.75, 3.05) is 46.4 Å². The average molecular weight is 399 g/mol. The number of piperazine rings is 1. The van der Waals surface area contributed by atoms with Crippen molar-refractivity contribution in [3.63, 3.8) is 0 Å². The Hall–Kier alpha value is -1.83. The Bertz CT molecular complexity index is 606. The third kappa shape index (κ3) is 7.01. The van der Waals surface area contributed by atoms with Crippen LogP contribution in [0.15, 0.2) is 24.3 Å². The average Bonchev–Trinajstić information content (AvgIpc) is 2.66. The fraction of sp³-hybridized carbons (Fsp3) is 0.579. The highest BCUT2D eigenvalue weighted by Crippen LogP contribution is 2.17. The smallest absolute Gasteiger partial charge is 0.255 e. The van der Waals surface area contributed by atoms with Crippen LogP contribution < -0.4 is 20.7 Å². The molecule has 27 heavy (non-hydrogen) atoms. The first kappa shape index (κ1) is 23.2. The summed E-state index contributed by atoms with van der Waals surface area (Å²) in [7, 11) is 1.52. The second-order valence-electron chi connectivity index (χ2n) is 6.78. The van der Waals surface area contributed by atoms with Crippen LogP contribution in [0.5, 0.6) is 5.75 Å². The van der Waals surface area contributed by atoms with E-state index < -0.39 is 6.04 Å². The lowest BCUT2D eigenvalue weighted by Gasteiger charge is -2.28. The summed E-state index contributed by atoms with van der Waals surface area (Å²) < 4.78 is 5.23. The summed E-state index contributed by atoms with van der Waals surface area (Å²) in [5.41, 5.74) is 0.425. The zero-order chi connectivity index (χ0) is 18.9. The number of nitrogens with zero attached hydrogens (tertiary/aromatic N) is 1. The van der Waals surface area contributed by atoms with Gasteiger partial charge in [-0.2, -0.15) is 0 Å². The van der Waals surface area contributed by atoms with Crippen molar-refractivity contribution in [2.45, 2.75) is 19.9 Å². The minimum atomic E-state index is -0.588. The SMILES string of the molecule is COc1ccccc1C(=O)NC(C(=O)NCCN1CCNCC1)C(C)C.Cl. The third-order valence-corrected chi connectivity index (χ3v) is 4.52. The summed E-state index contributed by atoms with van der Waals surface area (Å²) in [6.07, 6.45) is 0. The van der Waals surface area contributed by atoms with Gasteiger partial charge >= 0.3 is 0 Å². The molecule has 1 fully saturated rings. The molecule has 2 rings (SSSR count). The van der Waals surface area contributed by atoms with E-state index in [1.54, 1.807) is 24.3 Å². The molecule has 1 unspecified atom stereocenters. The quantitative estimate of drug-likeness (QED) is 0.606. The van der Waals surface area contributed by atoms with E-state index in [-0.39, 0.29) is 30.1 Å². The molecule has 152 valence electrons. The molecule has 0 spiro atoms. The lowest BCUT2D eigenvalue weighted by molar-refractivity contribution is -0.124. The summed E-state index contributed by atoms with van der Waals surface area (Å²) in [5.74, 6) is 0.0104. The number of halogens is 1. The van der Waals surface area contributed by atoms with Crippen molar-refractivity contribution in [1.82, 2.24) is 20.9 Å². The van der Waals surface area contributed by atoms with Gasteiger partial charge in [-0.05, 0) is 18.1 Å². The van der Waals surface area contributed by atoms with Gasteiger partial charge in [-0.25, -0.2) is 0 Å². The monoisotopic (exact) mass is 398 g/mol. The molecule has 0 aromatic heterocycles. The van der Waals surface area contributed by atoms with Gasteiger partial charge in [0.1, 0.15) is 11.8 Å². The molecule has 2 amide bonds. The maximum atomic E-state index is 12.6. The fourth-order valence-corrected chi connectivity index (χ4v) is 2.97. The highest BCUT2D eigenvalue weighted by atomic mass is 35.5. The molecule has 1 heterocycles. The van der Waals surface area contributed by atoms with Gasteiger partial charge in [-0.15, -0.1) is 12.4 Å². The van der Waals surface area contributed by atoms with Gasteiger partial charge in [0.15, 0.2) is 0 Å². The number of carbonyl (C=O) groups excluding carboxylic acids is 2. The van der Waals surface area contributed by atoms with E-state index in [2.05, 4.69) is 20.9 Å². The highest BCUT2D eigenvalue weighted by Gasteiger charge is 2.25.